The first-order valence-corrected chi connectivity index (χ1v) is 4.28. The molecule has 0 aromatic heterocycles. The minimum atomic E-state index is -0.470. The van der Waals surface area contributed by atoms with Gasteiger partial charge in [-0.15, -0.1) is 0 Å². The fourth-order valence-corrected chi connectivity index (χ4v) is 1.15. The van der Waals surface area contributed by atoms with Gasteiger partial charge in [0.1, 0.15) is 0 Å². The summed E-state index contributed by atoms with van der Waals surface area (Å²) in [6.45, 7) is 2.63. The molecule has 0 aliphatic rings. The van der Waals surface area contributed by atoms with Crippen LogP contribution in [0.25, 0.3) is 0 Å². The maximum Gasteiger partial charge on any atom is 0.312 e. The van der Waals surface area contributed by atoms with Crippen LogP contribution in [0.4, 0.5) is 4.79 Å². The second kappa shape index (κ2) is 4.50. The topological polar surface area (TPSA) is 55.1 Å². The summed E-state index contributed by atoms with van der Waals surface area (Å²) in [5.74, 6) is 0.300. The van der Waals surface area contributed by atoms with Gasteiger partial charge in [-0.25, -0.2) is 4.79 Å². The van der Waals surface area contributed by atoms with E-state index in [0.717, 1.165) is 0 Å². The van der Waals surface area contributed by atoms with Crippen molar-refractivity contribution in [2.24, 2.45) is 5.73 Å². The fraction of sp³-hybridized carbons (Fsp3) is 0.300. The van der Waals surface area contributed by atoms with Crippen molar-refractivity contribution in [3.05, 3.63) is 35.9 Å². The van der Waals surface area contributed by atoms with Crippen LogP contribution in [0, 0.1) is 0 Å². The number of carbonyl (C=O) groups is 1. The monoisotopic (exact) mass is 178 g/mol. The molecule has 0 aliphatic heterocycles. The number of hydrogen-bond donors (Lipinski definition) is 2. The first-order chi connectivity index (χ1) is 6.20. The van der Waals surface area contributed by atoms with E-state index < -0.39 is 6.03 Å². The summed E-state index contributed by atoms with van der Waals surface area (Å²) in [6, 6.07) is 9.53. The van der Waals surface area contributed by atoms with E-state index in [9.17, 15) is 4.79 Å². The van der Waals surface area contributed by atoms with Crippen LogP contribution in [0.1, 0.15) is 18.4 Å². The lowest BCUT2D eigenvalue weighted by atomic mass is 10.0. The van der Waals surface area contributed by atoms with Gasteiger partial charge in [0.2, 0.25) is 0 Å². The molecule has 1 aromatic carbocycles. The quantitative estimate of drug-likeness (QED) is 0.723. The van der Waals surface area contributed by atoms with Gasteiger partial charge >= 0.3 is 6.03 Å². The molecular formula is C10H14N2O. The van der Waals surface area contributed by atoms with E-state index in [4.69, 9.17) is 5.73 Å². The highest BCUT2D eigenvalue weighted by atomic mass is 16.2. The lowest BCUT2D eigenvalue weighted by molar-refractivity contribution is 0.248. The average molecular weight is 178 g/mol. The van der Waals surface area contributed by atoms with Gasteiger partial charge in [0.05, 0.1) is 0 Å². The smallest absolute Gasteiger partial charge is 0.312 e. The normalized spacial score (nSPS) is 12.1. The summed E-state index contributed by atoms with van der Waals surface area (Å²) in [7, 11) is 0. The van der Waals surface area contributed by atoms with E-state index in [-0.39, 0.29) is 0 Å². The Morgan fingerprint density at radius 2 is 2.08 bits per heavy atom. The molecule has 3 N–H and O–H groups in total. The second-order valence-electron chi connectivity index (χ2n) is 3.06. The third-order valence-corrected chi connectivity index (χ3v) is 1.95. The number of benzene rings is 1. The van der Waals surface area contributed by atoms with Crippen molar-refractivity contribution in [1.29, 1.82) is 0 Å². The molecule has 0 fully saturated rings. The first-order valence-electron chi connectivity index (χ1n) is 4.28. The largest absolute Gasteiger partial charge is 0.352 e. The zero-order valence-electron chi connectivity index (χ0n) is 7.66. The molecule has 0 aliphatic carbocycles. The first kappa shape index (κ1) is 9.58. The average Bonchev–Trinajstić information content (AvgIpc) is 2.15. The fourth-order valence-electron chi connectivity index (χ4n) is 1.15. The molecule has 0 bridgehead atoms. The second-order valence-corrected chi connectivity index (χ2v) is 3.06. The number of rotatable bonds is 3. The highest BCUT2D eigenvalue weighted by molar-refractivity contribution is 5.71. The van der Waals surface area contributed by atoms with Crippen LogP contribution in [0.2, 0.25) is 0 Å². The van der Waals surface area contributed by atoms with Crippen LogP contribution in [-0.2, 0) is 0 Å². The van der Waals surface area contributed by atoms with Crippen molar-refractivity contribution in [3.63, 3.8) is 0 Å². The van der Waals surface area contributed by atoms with Crippen molar-refractivity contribution in [2.45, 2.75) is 12.8 Å². The van der Waals surface area contributed by atoms with Crippen molar-refractivity contribution < 1.29 is 4.79 Å². The van der Waals surface area contributed by atoms with Crippen LogP contribution >= 0.6 is 0 Å². The van der Waals surface area contributed by atoms with Crippen molar-refractivity contribution in [1.82, 2.24) is 5.32 Å². The van der Waals surface area contributed by atoms with E-state index in [2.05, 4.69) is 5.32 Å². The molecule has 2 amide bonds. The maximum absolute atomic E-state index is 10.4. The van der Waals surface area contributed by atoms with Crippen LogP contribution in [0.5, 0.6) is 0 Å². The molecule has 1 aromatic rings. The third-order valence-electron chi connectivity index (χ3n) is 1.95. The molecule has 13 heavy (non-hydrogen) atoms. The van der Waals surface area contributed by atoms with Gasteiger partial charge in [0, 0.05) is 6.54 Å². The highest BCUT2D eigenvalue weighted by Gasteiger charge is 2.04. The van der Waals surface area contributed by atoms with Gasteiger partial charge in [-0.1, -0.05) is 37.3 Å². The molecule has 0 heterocycles. The minimum Gasteiger partial charge on any atom is -0.352 e. The molecule has 0 saturated carbocycles. The van der Waals surface area contributed by atoms with Gasteiger partial charge in [-0.05, 0) is 11.5 Å². The number of carbonyl (C=O) groups excluding carboxylic acids is 1. The highest BCUT2D eigenvalue weighted by Crippen LogP contribution is 2.12. The predicted molar refractivity (Wildman–Crippen MR) is 52.4 cm³/mol. The third kappa shape index (κ3) is 3.15. The Morgan fingerprint density at radius 3 is 2.62 bits per heavy atom. The van der Waals surface area contributed by atoms with Crippen LogP contribution in [0.3, 0.4) is 0 Å². The predicted octanol–water partition coefficient (Wildman–Crippen LogP) is 1.46. The van der Waals surface area contributed by atoms with E-state index >= 15 is 0 Å². The Morgan fingerprint density at radius 1 is 1.46 bits per heavy atom. The summed E-state index contributed by atoms with van der Waals surface area (Å²) in [5, 5.41) is 2.58. The minimum absolute atomic E-state index is 0.300. The summed E-state index contributed by atoms with van der Waals surface area (Å²) in [5.41, 5.74) is 6.17. The summed E-state index contributed by atoms with van der Waals surface area (Å²) in [6.07, 6.45) is 0. The van der Waals surface area contributed by atoms with Crippen LogP contribution < -0.4 is 11.1 Å². The number of amides is 2. The molecule has 0 saturated heterocycles. The lowest BCUT2D eigenvalue weighted by Gasteiger charge is -2.11. The number of hydrogen-bond acceptors (Lipinski definition) is 1. The Hall–Kier alpha value is -1.51. The SMILES string of the molecule is CC(CNC(N)=O)c1ccccc1. The van der Waals surface area contributed by atoms with Gasteiger partial charge in [-0.3, -0.25) is 0 Å². The number of primary amides is 1. The molecule has 1 atom stereocenters. The van der Waals surface area contributed by atoms with Gasteiger partial charge < -0.3 is 11.1 Å². The molecule has 0 spiro atoms. The van der Waals surface area contributed by atoms with Crippen molar-refractivity contribution in [3.8, 4) is 0 Å². The summed E-state index contributed by atoms with van der Waals surface area (Å²) < 4.78 is 0. The Bertz CT molecular complexity index is 272. The lowest BCUT2D eigenvalue weighted by Crippen LogP contribution is -2.32. The molecule has 1 unspecified atom stereocenters. The summed E-state index contributed by atoms with van der Waals surface area (Å²) >= 11 is 0. The number of nitrogens with two attached hydrogens (primary N) is 1. The van der Waals surface area contributed by atoms with E-state index in [0.29, 0.717) is 12.5 Å². The zero-order chi connectivity index (χ0) is 9.68. The van der Waals surface area contributed by atoms with Gasteiger partial charge in [0.25, 0.3) is 0 Å². The number of urea groups is 1. The van der Waals surface area contributed by atoms with Crippen molar-refractivity contribution >= 4 is 6.03 Å². The van der Waals surface area contributed by atoms with Crippen LogP contribution in [0.15, 0.2) is 30.3 Å². The number of nitrogens with one attached hydrogen (secondary N) is 1. The maximum atomic E-state index is 10.4. The van der Waals surface area contributed by atoms with E-state index in [1.807, 2.05) is 37.3 Å². The standard InChI is InChI=1S/C10H14N2O/c1-8(7-12-10(11)13)9-5-3-2-4-6-9/h2-6,8H,7H2,1H3,(H3,11,12,13). The van der Waals surface area contributed by atoms with E-state index in [1.165, 1.54) is 5.56 Å². The molecular weight excluding hydrogens is 164 g/mol. The molecule has 1 rings (SSSR count). The molecule has 3 heteroatoms. The molecule has 70 valence electrons. The Labute approximate surface area is 77.9 Å². The van der Waals surface area contributed by atoms with Gasteiger partial charge in [-0.2, -0.15) is 0 Å². The van der Waals surface area contributed by atoms with E-state index in [1.54, 1.807) is 0 Å². The summed E-state index contributed by atoms with van der Waals surface area (Å²) in [4.78, 5) is 10.4. The van der Waals surface area contributed by atoms with Crippen LogP contribution in [-0.4, -0.2) is 12.6 Å². The van der Waals surface area contributed by atoms with Crippen molar-refractivity contribution in [2.75, 3.05) is 6.54 Å². The van der Waals surface area contributed by atoms with Gasteiger partial charge in [0.15, 0.2) is 0 Å². The Kier molecular flexibility index (Phi) is 3.31. The Balaban J connectivity index is 2.49. The zero-order valence-corrected chi connectivity index (χ0v) is 7.66. The molecule has 3 nitrogen and oxygen atoms in total. The molecule has 0 radical (unpaired) electrons.